The first-order chi connectivity index (χ1) is 9.07. The first kappa shape index (κ1) is 15.6. The van der Waals surface area contributed by atoms with Crippen LogP contribution in [0, 0.1) is 4.77 Å². The highest BCUT2D eigenvalue weighted by Crippen LogP contribution is 2.19. The fourth-order valence-electron chi connectivity index (χ4n) is 2.09. The molecule has 0 radical (unpaired) electrons. The second kappa shape index (κ2) is 5.21. The van der Waals surface area contributed by atoms with Crippen LogP contribution >= 0.6 is 28.1 Å². The number of rotatable bonds is 4. The van der Waals surface area contributed by atoms with Crippen LogP contribution in [-0.2, 0) is 16.6 Å². The van der Waals surface area contributed by atoms with Crippen molar-refractivity contribution in [2.75, 3.05) is 6.26 Å². The van der Waals surface area contributed by atoms with Gasteiger partial charge in [-0.25, -0.2) is 18.1 Å². The Morgan fingerprint density at radius 2 is 2.20 bits per heavy atom. The van der Waals surface area contributed by atoms with Gasteiger partial charge < -0.3 is 4.98 Å². The van der Waals surface area contributed by atoms with Gasteiger partial charge in [-0.15, -0.1) is 0 Å². The average Bonchev–Trinajstić information content (AvgIpc) is 2.50. The monoisotopic (exact) mass is 378 g/mol. The summed E-state index contributed by atoms with van der Waals surface area (Å²) in [6.07, 6.45) is 2.82. The molecule has 0 saturated heterocycles. The van der Waals surface area contributed by atoms with Crippen molar-refractivity contribution in [1.29, 1.82) is 0 Å². The molecule has 0 fully saturated rings. The second-order valence-electron chi connectivity index (χ2n) is 5.30. The fourth-order valence-corrected chi connectivity index (χ4v) is 3.75. The smallest absolute Gasteiger partial charge is 0.209 e. The lowest BCUT2D eigenvalue weighted by atomic mass is 10.1. The minimum absolute atomic E-state index is 0.382. The topological polar surface area (TPSA) is 79.8 Å². The third-order valence-electron chi connectivity index (χ3n) is 2.59. The minimum atomic E-state index is -3.29. The summed E-state index contributed by atoms with van der Waals surface area (Å²) in [5.74, 6) is 0. The van der Waals surface area contributed by atoms with Crippen molar-refractivity contribution < 1.29 is 8.42 Å². The SMILES string of the molecule is CC(C)(Cn1c(=S)[nH]c2cc(Br)cnc21)NS(C)(=O)=O. The molecule has 0 spiro atoms. The van der Waals surface area contributed by atoms with Gasteiger partial charge in [-0.2, -0.15) is 0 Å². The van der Waals surface area contributed by atoms with E-state index in [1.54, 1.807) is 24.6 Å². The predicted molar refractivity (Wildman–Crippen MR) is 84.7 cm³/mol. The number of hydrogen-bond donors (Lipinski definition) is 2. The Kier molecular flexibility index (Phi) is 4.07. The van der Waals surface area contributed by atoms with Crippen molar-refractivity contribution in [3.05, 3.63) is 21.5 Å². The maximum atomic E-state index is 11.4. The number of aromatic amines is 1. The molecule has 2 aromatic heterocycles. The Hall–Kier alpha value is -0.770. The van der Waals surface area contributed by atoms with Gasteiger partial charge in [-0.05, 0) is 48.1 Å². The van der Waals surface area contributed by atoms with E-state index < -0.39 is 15.6 Å². The summed E-state index contributed by atoms with van der Waals surface area (Å²) in [4.78, 5) is 7.38. The zero-order valence-corrected chi connectivity index (χ0v) is 14.5. The number of pyridine rings is 1. The van der Waals surface area contributed by atoms with E-state index in [0.29, 0.717) is 17.0 Å². The largest absolute Gasteiger partial charge is 0.329 e. The number of aromatic nitrogens is 3. The molecule has 0 saturated carbocycles. The predicted octanol–water partition coefficient (Wildman–Crippen LogP) is 2.18. The zero-order chi connectivity index (χ0) is 15.1. The molecule has 0 unspecified atom stereocenters. The number of halogens is 1. The number of imidazole rings is 1. The number of nitrogens with one attached hydrogen (secondary N) is 2. The Morgan fingerprint density at radius 3 is 2.80 bits per heavy atom. The number of fused-ring (bicyclic) bond motifs is 1. The molecule has 0 aliphatic heterocycles. The normalized spacial score (nSPS) is 13.0. The highest BCUT2D eigenvalue weighted by molar-refractivity contribution is 9.10. The van der Waals surface area contributed by atoms with Crippen LogP contribution in [0.25, 0.3) is 11.2 Å². The second-order valence-corrected chi connectivity index (χ2v) is 8.35. The molecular weight excluding hydrogens is 364 g/mol. The highest BCUT2D eigenvalue weighted by atomic mass is 79.9. The third-order valence-corrected chi connectivity index (χ3v) is 4.27. The van der Waals surface area contributed by atoms with Crippen LogP contribution in [0.15, 0.2) is 16.7 Å². The van der Waals surface area contributed by atoms with Crippen molar-refractivity contribution in [2.45, 2.75) is 25.9 Å². The standard InChI is InChI=1S/C11H15BrN4O2S2/c1-11(2,15-20(3,17)18)6-16-9-8(14-10(16)19)4-7(12)5-13-9/h4-5,15H,6H2,1-3H3,(H,14,19). The Labute approximate surface area is 130 Å². The van der Waals surface area contributed by atoms with Gasteiger partial charge in [0.05, 0.1) is 11.8 Å². The summed E-state index contributed by atoms with van der Waals surface area (Å²) in [5, 5.41) is 0. The molecule has 0 aliphatic carbocycles. The number of nitrogens with zero attached hydrogens (tertiary/aromatic N) is 2. The van der Waals surface area contributed by atoms with E-state index >= 15 is 0 Å². The quantitative estimate of drug-likeness (QED) is 0.799. The van der Waals surface area contributed by atoms with E-state index in [-0.39, 0.29) is 0 Å². The van der Waals surface area contributed by atoms with Crippen molar-refractivity contribution in [3.63, 3.8) is 0 Å². The summed E-state index contributed by atoms with van der Waals surface area (Å²) >= 11 is 8.63. The fraction of sp³-hybridized carbons (Fsp3) is 0.455. The lowest BCUT2D eigenvalue weighted by Gasteiger charge is -2.25. The first-order valence-electron chi connectivity index (χ1n) is 5.80. The summed E-state index contributed by atoms with van der Waals surface area (Å²) in [7, 11) is -3.29. The van der Waals surface area contributed by atoms with Gasteiger partial charge in [-0.1, -0.05) is 0 Å². The Morgan fingerprint density at radius 1 is 1.55 bits per heavy atom. The molecule has 0 amide bonds. The van der Waals surface area contributed by atoms with E-state index in [9.17, 15) is 8.42 Å². The molecule has 0 aromatic carbocycles. The molecule has 20 heavy (non-hydrogen) atoms. The van der Waals surface area contributed by atoms with E-state index in [4.69, 9.17) is 12.2 Å². The number of H-pyrrole nitrogens is 1. The van der Waals surface area contributed by atoms with E-state index in [1.807, 2.05) is 6.07 Å². The molecule has 9 heteroatoms. The summed E-state index contributed by atoms with van der Waals surface area (Å²) < 4.78 is 28.5. The van der Waals surface area contributed by atoms with E-state index in [1.165, 1.54) is 0 Å². The summed E-state index contributed by atoms with van der Waals surface area (Å²) in [6, 6.07) is 1.88. The molecule has 0 bridgehead atoms. The molecule has 6 nitrogen and oxygen atoms in total. The minimum Gasteiger partial charge on any atom is -0.329 e. The van der Waals surface area contributed by atoms with E-state index in [0.717, 1.165) is 16.2 Å². The van der Waals surface area contributed by atoms with E-state index in [2.05, 4.69) is 30.6 Å². The molecular formula is C11H15BrN4O2S2. The van der Waals surface area contributed by atoms with Crippen LogP contribution in [0.1, 0.15) is 13.8 Å². The van der Waals surface area contributed by atoms with Crippen LogP contribution in [0.5, 0.6) is 0 Å². The summed E-state index contributed by atoms with van der Waals surface area (Å²) in [5.41, 5.74) is 0.830. The van der Waals surface area contributed by atoms with Gasteiger partial charge in [0.1, 0.15) is 0 Å². The zero-order valence-electron chi connectivity index (χ0n) is 11.3. The molecule has 110 valence electrons. The van der Waals surface area contributed by atoms with Crippen molar-refractivity contribution in [2.24, 2.45) is 0 Å². The Balaban J connectivity index is 2.44. The van der Waals surface area contributed by atoms with Crippen LogP contribution < -0.4 is 4.72 Å². The molecule has 2 aromatic rings. The van der Waals surface area contributed by atoms with Crippen LogP contribution in [-0.4, -0.2) is 34.7 Å². The van der Waals surface area contributed by atoms with Crippen molar-refractivity contribution in [1.82, 2.24) is 19.3 Å². The van der Waals surface area contributed by atoms with Crippen molar-refractivity contribution >= 4 is 49.3 Å². The van der Waals surface area contributed by atoms with Gasteiger partial charge in [0.25, 0.3) is 0 Å². The Bertz CT molecular complexity index is 807. The van der Waals surface area contributed by atoms with Gasteiger partial charge in [0.15, 0.2) is 10.4 Å². The van der Waals surface area contributed by atoms with Gasteiger partial charge in [-0.3, -0.25) is 4.57 Å². The first-order valence-corrected chi connectivity index (χ1v) is 8.90. The van der Waals surface area contributed by atoms with Gasteiger partial charge in [0, 0.05) is 22.8 Å². The average molecular weight is 379 g/mol. The molecule has 0 aliphatic rings. The molecule has 2 N–H and O–H groups in total. The lowest BCUT2D eigenvalue weighted by Crippen LogP contribution is -2.46. The maximum Gasteiger partial charge on any atom is 0.209 e. The van der Waals surface area contributed by atoms with Crippen molar-refractivity contribution in [3.8, 4) is 0 Å². The van der Waals surface area contributed by atoms with Crippen LogP contribution in [0.4, 0.5) is 0 Å². The molecule has 2 rings (SSSR count). The van der Waals surface area contributed by atoms with Crippen LogP contribution in [0.3, 0.4) is 0 Å². The van der Waals surface area contributed by atoms with Crippen LogP contribution in [0.2, 0.25) is 0 Å². The summed E-state index contributed by atoms with van der Waals surface area (Å²) in [6.45, 7) is 3.98. The highest BCUT2D eigenvalue weighted by Gasteiger charge is 2.24. The van der Waals surface area contributed by atoms with Gasteiger partial charge in [0.2, 0.25) is 10.0 Å². The molecule has 2 heterocycles. The number of sulfonamides is 1. The maximum absolute atomic E-state index is 11.4. The third kappa shape index (κ3) is 3.66. The molecule has 0 atom stereocenters. The van der Waals surface area contributed by atoms with Gasteiger partial charge >= 0.3 is 0 Å². The number of hydrogen-bond acceptors (Lipinski definition) is 4. The lowest BCUT2D eigenvalue weighted by molar-refractivity contribution is 0.393.